The molecule has 0 aliphatic rings. The van der Waals surface area contributed by atoms with Gasteiger partial charge in [-0.05, 0) is 61.2 Å². The zero-order chi connectivity index (χ0) is 20.7. The number of aryl methyl sites for hydroxylation is 1. The Kier molecular flexibility index (Phi) is 11.0. The minimum absolute atomic E-state index is 0.326. The van der Waals surface area contributed by atoms with Crippen LogP contribution in [0, 0.1) is 0 Å². The predicted molar refractivity (Wildman–Crippen MR) is 120 cm³/mol. The summed E-state index contributed by atoms with van der Waals surface area (Å²) in [5, 5.41) is 0. The van der Waals surface area contributed by atoms with Gasteiger partial charge in [0, 0.05) is 0 Å². The third-order valence-corrected chi connectivity index (χ3v) is 5.06. The lowest BCUT2D eigenvalue weighted by atomic mass is 10.0. The van der Waals surface area contributed by atoms with E-state index in [2.05, 4.69) is 13.8 Å². The third kappa shape index (κ3) is 9.17. The Morgan fingerprint density at radius 1 is 0.690 bits per heavy atom. The molecule has 0 amide bonds. The van der Waals surface area contributed by atoms with Crippen LogP contribution in [-0.2, 0) is 6.42 Å². The lowest BCUT2D eigenvalue weighted by Crippen LogP contribution is -2.08. The number of rotatable bonds is 14. The number of ether oxygens (including phenoxy) is 2. The molecule has 0 aliphatic carbocycles. The molecule has 0 saturated carbocycles. The average Bonchev–Trinajstić information content (AvgIpc) is 2.75. The minimum Gasteiger partial charge on any atom is -0.494 e. The second kappa shape index (κ2) is 13.8. The van der Waals surface area contributed by atoms with Crippen LogP contribution >= 0.6 is 0 Å². The number of esters is 1. The molecule has 0 unspecified atom stereocenters. The van der Waals surface area contributed by atoms with Gasteiger partial charge in [0.15, 0.2) is 0 Å². The van der Waals surface area contributed by atoms with Crippen LogP contribution in [0.15, 0.2) is 48.5 Å². The van der Waals surface area contributed by atoms with Gasteiger partial charge in [-0.1, -0.05) is 70.9 Å². The van der Waals surface area contributed by atoms with Crippen molar-refractivity contribution in [2.45, 2.75) is 78.1 Å². The maximum Gasteiger partial charge on any atom is 0.343 e. The number of benzene rings is 2. The van der Waals surface area contributed by atoms with Crippen LogP contribution in [0.4, 0.5) is 0 Å². The van der Waals surface area contributed by atoms with Crippen molar-refractivity contribution in [3.05, 3.63) is 59.7 Å². The molecule has 29 heavy (non-hydrogen) atoms. The number of hydrogen-bond donors (Lipinski definition) is 0. The standard InChI is InChI=1S/C26H36O3/c1-3-5-7-9-10-12-22-13-15-23(16-14-22)26(27)29-25-19-17-24(18-20-25)28-21-11-8-6-4-2/h13-20H,3-12,21H2,1-2H3. The number of hydrogen-bond acceptors (Lipinski definition) is 3. The van der Waals surface area contributed by atoms with E-state index in [9.17, 15) is 4.79 Å². The lowest BCUT2D eigenvalue weighted by molar-refractivity contribution is 0.0734. The zero-order valence-electron chi connectivity index (χ0n) is 18.1. The molecule has 3 heteroatoms. The summed E-state index contributed by atoms with van der Waals surface area (Å²) in [5.74, 6) is 1.02. The Labute approximate surface area is 176 Å². The Morgan fingerprint density at radius 3 is 1.93 bits per heavy atom. The maximum atomic E-state index is 12.4. The van der Waals surface area contributed by atoms with E-state index in [-0.39, 0.29) is 5.97 Å². The highest BCUT2D eigenvalue weighted by Crippen LogP contribution is 2.19. The lowest BCUT2D eigenvalue weighted by Gasteiger charge is -2.08. The highest BCUT2D eigenvalue weighted by atomic mass is 16.5. The van der Waals surface area contributed by atoms with Crippen molar-refractivity contribution in [3.8, 4) is 11.5 Å². The first-order valence-electron chi connectivity index (χ1n) is 11.3. The highest BCUT2D eigenvalue weighted by Gasteiger charge is 2.09. The molecule has 0 heterocycles. The quantitative estimate of drug-likeness (QED) is 0.190. The van der Waals surface area contributed by atoms with Gasteiger partial charge in [0.25, 0.3) is 0 Å². The summed E-state index contributed by atoms with van der Waals surface area (Å²) in [5.41, 5.74) is 1.86. The van der Waals surface area contributed by atoms with E-state index in [1.165, 1.54) is 56.9 Å². The van der Waals surface area contributed by atoms with E-state index in [0.29, 0.717) is 11.3 Å². The van der Waals surface area contributed by atoms with E-state index in [1.54, 1.807) is 12.1 Å². The average molecular weight is 397 g/mol. The molecule has 0 atom stereocenters. The Bertz CT molecular complexity index is 689. The first-order chi connectivity index (χ1) is 14.2. The molecule has 0 radical (unpaired) electrons. The molecule has 2 aromatic rings. The van der Waals surface area contributed by atoms with Crippen LogP contribution in [0.1, 0.15) is 87.6 Å². The summed E-state index contributed by atoms with van der Waals surface area (Å²) in [6.07, 6.45) is 12.2. The molecule has 0 spiro atoms. The normalized spacial score (nSPS) is 10.7. The molecule has 2 rings (SSSR count). The topological polar surface area (TPSA) is 35.5 Å². The van der Waals surface area contributed by atoms with Gasteiger partial charge >= 0.3 is 5.97 Å². The largest absolute Gasteiger partial charge is 0.494 e. The van der Waals surface area contributed by atoms with Gasteiger partial charge in [-0.3, -0.25) is 0 Å². The van der Waals surface area contributed by atoms with Crippen molar-refractivity contribution >= 4 is 5.97 Å². The molecule has 158 valence electrons. The monoisotopic (exact) mass is 396 g/mol. The fraction of sp³-hybridized carbons (Fsp3) is 0.500. The molecule has 0 bridgehead atoms. The number of unbranched alkanes of at least 4 members (excludes halogenated alkanes) is 7. The van der Waals surface area contributed by atoms with Crippen LogP contribution in [-0.4, -0.2) is 12.6 Å². The highest BCUT2D eigenvalue weighted by molar-refractivity contribution is 5.91. The molecule has 3 nitrogen and oxygen atoms in total. The van der Waals surface area contributed by atoms with Crippen molar-refractivity contribution in [2.75, 3.05) is 6.61 Å². The van der Waals surface area contributed by atoms with Gasteiger partial charge in [0.2, 0.25) is 0 Å². The van der Waals surface area contributed by atoms with Crippen molar-refractivity contribution in [3.63, 3.8) is 0 Å². The summed E-state index contributed by atoms with van der Waals surface area (Å²) >= 11 is 0. The minimum atomic E-state index is -0.326. The van der Waals surface area contributed by atoms with Crippen LogP contribution in [0.2, 0.25) is 0 Å². The molecular weight excluding hydrogens is 360 g/mol. The van der Waals surface area contributed by atoms with E-state index in [4.69, 9.17) is 9.47 Å². The number of carbonyl (C=O) groups is 1. The SMILES string of the molecule is CCCCCCCc1ccc(C(=O)Oc2ccc(OCCCCCC)cc2)cc1. The van der Waals surface area contributed by atoms with E-state index in [1.807, 2.05) is 36.4 Å². The van der Waals surface area contributed by atoms with Gasteiger partial charge in [-0.15, -0.1) is 0 Å². The summed E-state index contributed by atoms with van der Waals surface area (Å²) < 4.78 is 11.2. The van der Waals surface area contributed by atoms with Gasteiger partial charge < -0.3 is 9.47 Å². The Hall–Kier alpha value is -2.29. The maximum absolute atomic E-state index is 12.4. The fourth-order valence-corrected chi connectivity index (χ4v) is 3.23. The van der Waals surface area contributed by atoms with Crippen LogP contribution in [0.25, 0.3) is 0 Å². The van der Waals surface area contributed by atoms with Crippen LogP contribution in [0.5, 0.6) is 11.5 Å². The molecule has 0 fully saturated rings. The van der Waals surface area contributed by atoms with Gasteiger partial charge in [0.1, 0.15) is 11.5 Å². The van der Waals surface area contributed by atoms with E-state index in [0.717, 1.165) is 25.2 Å². The van der Waals surface area contributed by atoms with Crippen LogP contribution < -0.4 is 9.47 Å². The molecule has 2 aromatic carbocycles. The smallest absolute Gasteiger partial charge is 0.343 e. The zero-order valence-corrected chi connectivity index (χ0v) is 18.1. The van der Waals surface area contributed by atoms with Crippen molar-refractivity contribution < 1.29 is 14.3 Å². The molecule has 0 aromatic heterocycles. The first kappa shape index (κ1) is 23.0. The van der Waals surface area contributed by atoms with Gasteiger partial charge in [-0.2, -0.15) is 0 Å². The molecule has 0 saturated heterocycles. The van der Waals surface area contributed by atoms with Crippen molar-refractivity contribution in [2.24, 2.45) is 0 Å². The molecule has 0 aliphatic heterocycles. The predicted octanol–water partition coefficient (Wildman–Crippen LogP) is 7.38. The summed E-state index contributed by atoms with van der Waals surface area (Å²) in [6.45, 7) is 5.16. The van der Waals surface area contributed by atoms with Gasteiger partial charge in [-0.25, -0.2) is 4.79 Å². The Balaban J connectivity index is 1.74. The molecule has 0 N–H and O–H groups in total. The first-order valence-corrected chi connectivity index (χ1v) is 11.3. The van der Waals surface area contributed by atoms with Crippen LogP contribution in [0.3, 0.4) is 0 Å². The number of carbonyl (C=O) groups excluding carboxylic acids is 1. The molecular formula is C26H36O3. The Morgan fingerprint density at radius 2 is 1.28 bits per heavy atom. The summed E-state index contributed by atoms with van der Waals surface area (Å²) in [4.78, 5) is 12.4. The fourth-order valence-electron chi connectivity index (χ4n) is 3.23. The van der Waals surface area contributed by atoms with Crippen molar-refractivity contribution in [1.29, 1.82) is 0 Å². The second-order valence-corrected chi connectivity index (χ2v) is 7.63. The van der Waals surface area contributed by atoms with Crippen molar-refractivity contribution in [1.82, 2.24) is 0 Å². The summed E-state index contributed by atoms with van der Waals surface area (Å²) in [7, 11) is 0. The van der Waals surface area contributed by atoms with E-state index < -0.39 is 0 Å². The van der Waals surface area contributed by atoms with E-state index >= 15 is 0 Å². The second-order valence-electron chi connectivity index (χ2n) is 7.63. The summed E-state index contributed by atoms with van der Waals surface area (Å²) in [6, 6.07) is 15.1. The third-order valence-electron chi connectivity index (χ3n) is 5.06. The van der Waals surface area contributed by atoms with Gasteiger partial charge in [0.05, 0.1) is 12.2 Å².